The fourth-order valence-electron chi connectivity index (χ4n) is 0.608. The summed E-state index contributed by atoms with van der Waals surface area (Å²) in [6.07, 6.45) is 0. The maximum Gasteiger partial charge on any atom is 0.289 e. The Labute approximate surface area is 64.6 Å². The van der Waals surface area contributed by atoms with Crippen LogP contribution in [0, 0.1) is 0 Å². The molecule has 0 aromatic carbocycles. The van der Waals surface area contributed by atoms with Crippen molar-refractivity contribution in [2.24, 2.45) is 16.5 Å². The van der Waals surface area contributed by atoms with Gasteiger partial charge in [-0.1, -0.05) is 0 Å². The van der Waals surface area contributed by atoms with Gasteiger partial charge in [-0.05, 0) is 0 Å². The zero-order valence-electron chi connectivity index (χ0n) is 5.39. The maximum atomic E-state index is 11.1. The summed E-state index contributed by atoms with van der Waals surface area (Å²) >= 11 is 0. The van der Waals surface area contributed by atoms with E-state index in [1.54, 1.807) is 0 Å². The summed E-state index contributed by atoms with van der Waals surface area (Å²) in [5.74, 6) is 0. The molecule has 0 radical (unpaired) electrons. The molecule has 1 fully saturated rings. The van der Waals surface area contributed by atoms with Crippen molar-refractivity contribution >= 4 is 23.6 Å². The quantitative estimate of drug-likeness (QED) is 0.286. The monoisotopic (exact) mass is 218 g/mol. The Bertz CT molecular complexity index is 224. The highest BCUT2D eigenvalue weighted by Crippen LogP contribution is 2.52. The van der Waals surface area contributed by atoms with Crippen LogP contribution in [0.4, 0.5) is 0 Å². The molecule has 66 valence electrons. The number of rotatable bonds is 0. The first-order chi connectivity index (χ1) is 4.81. The van der Waals surface area contributed by atoms with E-state index in [2.05, 4.69) is 9.72 Å². The molecule has 0 aromatic rings. The summed E-state index contributed by atoms with van der Waals surface area (Å²) < 4.78 is 22.1. The molecule has 0 bridgehead atoms. The first kappa shape index (κ1) is 9.74. The SMILES string of the molecule is NP1NP(N)(=O)NP(N)(=O)N1. The van der Waals surface area contributed by atoms with Gasteiger partial charge in [0.25, 0.3) is 15.2 Å². The average molecular weight is 218 g/mol. The minimum absolute atomic E-state index is 1.51. The van der Waals surface area contributed by atoms with Crippen molar-refractivity contribution in [3.63, 3.8) is 0 Å². The summed E-state index contributed by atoms with van der Waals surface area (Å²) in [6, 6.07) is 0. The van der Waals surface area contributed by atoms with Crippen LogP contribution >= 0.6 is 23.6 Å². The Morgan fingerprint density at radius 2 is 1.45 bits per heavy atom. The van der Waals surface area contributed by atoms with Crippen LogP contribution in [0.2, 0.25) is 0 Å². The van der Waals surface area contributed by atoms with E-state index >= 15 is 0 Å². The Morgan fingerprint density at radius 3 is 1.73 bits per heavy atom. The lowest BCUT2D eigenvalue weighted by Gasteiger charge is -2.30. The summed E-state index contributed by atoms with van der Waals surface area (Å²) in [4.78, 5) is 6.67. The highest BCUT2D eigenvalue weighted by molar-refractivity contribution is 7.86. The summed E-state index contributed by atoms with van der Waals surface area (Å²) in [5.41, 5.74) is 15.5. The van der Waals surface area contributed by atoms with Gasteiger partial charge < -0.3 is 0 Å². The molecule has 1 aliphatic heterocycles. The topological polar surface area (TPSA) is 148 Å². The molecule has 1 rings (SSSR count). The molecule has 0 aromatic heterocycles. The third-order valence-corrected chi connectivity index (χ3v) is 7.29. The first-order valence-electron chi connectivity index (χ1n) is 2.48. The molecule has 2 unspecified atom stereocenters. The van der Waals surface area contributed by atoms with E-state index in [1.807, 2.05) is 4.86 Å². The molecule has 11 heavy (non-hydrogen) atoms. The van der Waals surface area contributed by atoms with E-state index in [0.29, 0.717) is 0 Å². The van der Waals surface area contributed by atoms with E-state index < -0.39 is 23.6 Å². The first-order valence-corrected chi connectivity index (χ1v) is 7.44. The van der Waals surface area contributed by atoms with Gasteiger partial charge in [0, 0.05) is 0 Å². The van der Waals surface area contributed by atoms with Crippen molar-refractivity contribution in [3.05, 3.63) is 0 Å². The fourth-order valence-corrected chi connectivity index (χ4v) is 6.68. The average Bonchev–Trinajstić information content (AvgIpc) is 1.49. The molecule has 0 amide bonds. The Morgan fingerprint density at radius 1 is 1.09 bits per heavy atom. The molecule has 11 heteroatoms. The van der Waals surface area contributed by atoms with E-state index in [9.17, 15) is 9.13 Å². The predicted octanol–water partition coefficient (Wildman–Crippen LogP) is -0.912. The molecule has 0 spiro atoms. The second kappa shape index (κ2) is 2.85. The number of nitrogens with two attached hydrogens (primary N) is 3. The van der Waals surface area contributed by atoms with Gasteiger partial charge in [0.2, 0.25) is 0 Å². The summed E-state index contributed by atoms with van der Waals surface area (Å²) in [5, 5.41) is 0. The van der Waals surface area contributed by atoms with Crippen molar-refractivity contribution in [2.75, 3.05) is 0 Å². The third-order valence-electron chi connectivity index (χ3n) is 0.810. The van der Waals surface area contributed by atoms with Crippen molar-refractivity contribution in [1.82, 2.24) is 14.6 Å². The van der Waals surface area contributed by atoms with Gasteiger partial charge in [-0.2, -0.15) is 14.6 Å². The molecule has 2 atom stereocenters. The van der Waals surface area contributed by atoms with Crippen molar-refractivity contribution < 1.29 is 9.13 Å². The van der Waals surface area contributed by atoms with Gasteiger partial charge in [0.1, 0.15) is 8.37 Å². The molecule has 1 aliphatic rings. The lowest BCUT2D eigenvalue weighted by atomic mass is 13.7. The summed E-state index contributed by atoms with van der Waals surface area (Å²) in [7, 11) is -8.13. The van der Waals surface area contributed by atoms with Crippen LogP contribution in [0.15, 0.2) is 0 Å². The molecule has 1 heterocycles. The van der Waals surface area contributed by atoms with Crippen molar-refractivity contribution in [3.8, 4) is 0 Å². The fraction of sp³-hybridized carbons (Fsp3) is 0. The zero-order chi connectivity index (χ0) is 8.70. The van der Waals surface area contributed by atoms with Crippen LogP contribution in [0.5, 0.6) is 0 Å². The second-order valence-electron chi connectivity index (χ2n) is 1.99. The molecular formula is H9N6O2P3. The molecule has 0 aliphatic carbocycles. The number of hydrogen-bond donors (Lipinski definition) is 6. The smallest absolute Gasteiger partial charge is 0.284 e. The third kappa shape index (κ3) is 2.87. The van der Waals surface area contributed by atoms with Crippen molar-refractivity contribution in [1.29, 1.82) is 0 Å². The lowest BCUT2D eigenvalue weighted by molar-refractivity contribution is 0.556. The minimum Gasteiger partial charge on any atom is -0.284 e. The Hall–Kier alpha value is 0.650. The zero-order valence-corrected chi connectivity index (χ0v) is 8.07. The van der Waals surface area contributed by atoms with Gasteiger partial charge in [-0.15, -0.1) is 0 Å². The normalized spacial score (nSPS) is 52.5. The van der Waals surface area contributed by atoms with Crippen LogP contribution in [0.25, 0.3) is 0 Å². The van der Waals surface area contributed by atoms with Crippen LogP contribution in [0.1, 0.15) is 0 Å². The molecule has 9 N–H and O–H groups in total. The maximum absolute atomic E-state index is 11.1. The highest BCUT2D eigenvalue weighted by atomic mass is 31.3. The number of hydrogen-bond acceptors (Lipinski definition) is 3. The van der Waals surface area contributed by atoms with Crippen LogP contribution in [0.3, 0.4) is 0 Å². The Balaban J connectivity index is 2.83. The van der Waals surface area contributed by atoms with E-state index in [1.165, 1.54) is 0 Å². The van der Waals surface area contributed by atoms with Gasteiger partial charge in [-0.3, -0.25) is 25.6 Å². The highest BCUT2D eigenvalue weighted by Gasteiger charge is 2.35. The second-order valence-corrected chi connectivity index (χ2v) is 7.76. The van der Waals surface area contributed by atoms with Crippen molar-refractivity contribution in [2.45, 2.75) is 0 Å². The van der Waals surface area contributed by atoms with Gasteiger partial charge in [0.15, 0.2) is 0 Å². The van der Waals surface area contributed by atoms with Crippen LogP contribution in [-0.4, -0.2) is 0 Å². The standard InChI is InChI=1S/H9N6O2P3/c1-9-4-10(2,7)6-11(3,8)5-9/h1H2,(H7,2,3,4,5,6,7,8). The molecular weight excluding hydrogens is 209 g/mol. The van der Waals surface area contributed by atoms with E-state index in [4.69, 9.17) is 16.5 Å². The lowest BCUT2D eigenvalue weighted by Crippen LogP contribution is -2.39. The van der Waals surface area contributed by atoms with Gasteiger partial charge in [-0.25, -0.2) is 0 Å². The molecule has 0 saturated carbocycles. The number of nitrogens with one attached hydrogen (secondary N) is 3. The molecule has 8 nitrogen and oxygen atoms in total. The van der Waals surface area contributed by atoms with E-state index in [-0.39, 0.29) is 0 Å². The Kier molecular flexibility index (Phi) is 2.52. The minimum atomic E-state index is -3.31. The van der Waals surface area contributed by atoms with Crippen LogP contribution < -0.4 is 31.1 Å². The van der Waals surface area contributed by atoms with E-state index in [0.717, 1.165) is 0 Å². The largest absolute Gasteiger partial charge is 0.289 e. The van der Waals surface area contributed by atoms with Gasteiger partial charge >= 0.3 is 0 Å². The predicted molar refractivity (Wildman–Crippen MR) is 44.1 cm³/mol. The van der Waals surface area contributed by atoms with Crippen LogP contribution in [-0.2, 0) is 9.13 Å². The molecule has 1 saturated heterocycles. The summed E-state index contributed by atoms with van der Waals surface area (Å²) in [6.45, 7) is 0. The van der Waals surface area contributed by atoms with Gasteiger partial charge in [0.05, 0.1) is 0 Å².